The van der Waals surface area contributed by atoms with Gasteiger partial charge in [-0.05, 0) is 12.2 Å². The summed E-state index contributed by atoms with van der Waals surface area (Å²) in [7, 11) is 0. The molecule has 0 radical (unpaired) electrons. The lowest BCUT2D eigenvalue weighted by atomic mass is 9.92. The Hall–Kier alpha value is -1.25. The molecule has 1 atom stereocenters. The molecular formula is C8H7NO2. The van der Waals surface area contributed by atoms with Gasteiger partial charge in [0.15, 0.2) is 5.60 Å². The fourth-order valence-electron chi connectivity index (χ4n) is 1.90. The molecule has 56 valence electrons. The molecule has 3 heterocycles. The molecule has 3 aliphatic heterocycles. The Kier molecular flexibility index (Phi) is 0.662. The molecule has 2 bridgehead atoms. The molecule has 1 amide bonds. The number of amides is 1. The van der Waals surface area contributed by atoms with Crippen molar-refractivity contribution in [3.63, 3.8) is 0 Å². The fraction of sp³-hybridized carbons (Fsp3) is 0.375. The maximum Gasteiger partial charge on any atom is 0.251 e. The Bertz CT molecular complexity index is 316. The van der Waals surface area contributed by atoms with Crippen LogP contribution in [0.15, 0.2) is 23.5 Å². The van der Waals surface area contributed by atoms with E-state index >= 15 is 0 Å². The minimum atomic E-state index is -0.299. The summed E-state index contributed by atoms with van der Waals surface area (Å²) >= 11 is 0. The topological polar surface area (TPSA) is 38.3 Å². The van der Waals surface area contributed by atoms with Gasteiger partial charge < -0.3 is 10.1 Å². The van der Waals surface area contributed by atoms with E-state index in [1.807, 2.05) is 12.2 Å². The number of rotatable bonds is 0. The highest BCUT2D eigenvalue weighted by atomic mass is 16.5. The van der Waals surface area contributed by atoms with Crippen LogP contribution in [-0.2, 0) is 9.53 Å². The van der Waals surface area contributed by atoms with E-state index in [1.54, 1.807) is 0 Å². The van der Waals surface area contributed by atoms with E-state index in [0.717, 1.165) is 17.8 Å². The molecule has 1 fully saturated rings. The first-order valence-electron chi connectivity index (χ1n) is 3.70. The molecule has 0 aromatic heterocycles. The summed E-state index contributed by atoms with van der Waals surface area (Å²) in [5.41, 5.74) is 0.516. The Morgan fingerprint density at radius 1 is 1.64 bits per heavy atom. The van der Waals surface area contributed by atoms with Gasteiger partial charge in [0.25, 0.3) is 5.91 Å². The van der Waals surface area contributed by atoms with Crippen LogP contribution in [-0.4, -0.2) is 18.1 Å². The molecular weight excluding hydrogens is 142 g/mol. The number of ether oxygens (including phenoxy) is 1. The van der Waals surface area contributed by atoms with Crippen molar-refractivity contribution in [1.29, 1.82) is 0 Å². The number of allylic oxidation sites excluding steroid dienone is 1. The summed E-state index contributed by atoms with van der Waals surface area (Å²) in [4.78, 5) is 11.2. The summed E-state index contributed by atoms with van der Waals surface area (Å²) in [6.07, 6.45) is 4.72. The summed E-state index contributed by atoms with van der Waals surface area (Å²) in [5, 5.41) is 2.77. The van der Waals surface area contributed by atoms with Crippen LogP contribution < -0.4 is 5.32 Å². The van der Waals surface area contributed by atoms with E-state index in [-0.39, 0.29) is 11.5 Å². The number of hydrogen-bond acceptors (Lipinski definition) is 2. The lowest BCUT2D eigenvalue weighted by Gasteiger charge is -2.18. The molecule has 3 nitrogen and oxygen atoms in total. The predicted molar refractivity (Wildman–Crippen MR) is 37.6 cm³/mol. The van der Waals surface area contributed by atoms with Gasteiger partial charge in [0, 0.05) is 6.42 Å². The van der Waals surface area contributed by atoms with Crippen molar-refractivity contribution >= 4 is 5.91 Å². The lowest BCUT2D eigenvalue weighted by molar-refractivity contribution is -0.116. The van der Waals surface area contributed by atoms with Crippen molar-refractivity contribution in [2.24, 2.45) is 0 Å². The third-order valence-electron chi connectivity index (χ3n) is 2.50. The Morgan fingerprint density at radius 3 is 3.27 bits per heavy atom. The lowest BCUT2D eigenvalue weighted by Crippen LogP contribution is -2.30. The molecule has 0 saturated carbocycles. The van der Waals surface area contributed by atoms with E-state index < -0.39 is 0 Å². The third kappa shape index (κ3) is 0.450. The maximum absolute atomic E-state index is 11.2. The smallest absolute Gasteiger partial charge is 0.251 e. The van der Waals surface area contributed by atoms with Gasteiger partial charge in [-0.1, -0.05) is 0 Å². The summed E-state index contributed by atoms with van der Waals surface area (Å²) in [6.45, 7) is 0.637. The summed E-state index contributed by atoms with van der Waals surface area (Å²) in [5.74, 6) is 0.906. The van der Waals surface area contributed by atoms with E-state index in [2.05, 4.69) is 5.32 Å². The predicted octanol–water partition coefficient (Wildman–Crippen LogP) is 0.0992. The first-order valence-corrected chi connectivity index (χ1v) is 3.70. The highest BCUT2D eigenvalue weighted by molar-refractivity contribution is 6.00. The molecule has 3 rings (SSSR count). The van der Waals surface area contributed by atoms with E-state index in [0.29, 0.717) is 6.54 Å². The number of carbonyl (C=O) groups is 1. The largest absolute Gasteiger partial charge is 0.480 e. The van der Waals surface area contributed by atoms with Crippen molar-refractivity contribution in [2.75, 3.05) is 6.54 Å². The number of fused-ring (bicyclic) bond motifs is 1. The van der Waals surface area contributed by atoms with Gasteiger partial charge in [-0.25, -0.2) is 0 Å². The SMILES string of the molecule is O=C1NCC23CC=C(C=C12)O3. The van der Waals surface area contributed by atoms with Gasteiger partial charge in [0.2, 0.25) is 0 Å². The minimum absolute atomic E-state index is 0.0353. The van der Waals surface area contributed by atoms with Crippen LogP contribution in [0.3, 0.4) is 0 Å². The van der Waals surface area contributed by atoms with Gasteiger partial charge in [-0.15, -0.1) is 0 Å². The average Bonchev–Trinajstić information content (AvgIpc) is 2.62. The molecule has 3 heteroatoms. The van der Waals surface area contributed by atoms with Gasteiger partial charge in [0.1, 0.15) is 5.76 Å². The van der Waals surface area contributed by atoms with Crippen molar-refractivity contribution in [1.82, 2.24) is 5.32 Å². The molecule has 11 heavy (non-hydrogen) atoms. The van der Waals surface area contributed by atoms with Crippen LogP contribution in [0.5, 0.6) is 0 Å². The second-order valence-electron chi connectivity index (χ2n) is 3.15. The number of hydrogen-bond donors (Lipinski definition) is 1. The van der Waals surface area contributed by atoms with Crippen molar-refractivity contribution < 1.29 is 9.53 Å². The van der Waals surface area contributed by atoms with Crippen LogP contribution in [0.25, 0.3) is 0 Å². The van der Waals surface area contributed by atoms with E-state index in [9.17, 15) is 4.79 Å². The van der Waals surface area contributed by atoms with Crippen LogP contribution >= 0.6 is 0 Å². The van der Waals surface area contributed by atoms with Crippen LogP contribution in [0.1, 0.15) is 6.42 Å². The number of carbonyl (C=O) groups excluding carboxylic acids is 1. The Labute approximate surface area is 63.7 Å². The van der Waals surface area contributed by atoms with Crippen molar-refractivity contribution in [3.8, 4) is 0 Å². The van der Waals surface area contributed by atoms with Gasteiger partial charge in [-0.2, -0.15) is 0 Å². The highest BCUT2D eigenvalue weighted by Crippen LogP contribution is 2.44. The molecule has 1 spiro atoms. The van der Waals surface area contributed by atoms with Crippen molar-refractivity contribution in [3.05, 3.63) is 23.5 Å². The summed E-state index contributed by atoms with van der Waals surface area (Å²) in [6, 6.07) is 0. The zero-order valence-electron chi connectivity index (χ0n) is 5.89. The monoisotopic (exact) mass is 149 g/mol. The third-order valence-corrected chi connectivity index (χ3v) is 2.50. The van der Waals surface area contributed by atoms with E-state index in [4.69, 9.17) is 4.74 Å². The fourth-order valence-corrected chi connectivity index (χ4v) is 1.90. The van der Waals surface area contributed by atoms with E-state index in [1.165, 1.54) is 0 Å². The molecule has 0 aromatic rings. The maximum atomic E-state index is 11.2. The average molecular weight is 149 g/mol. The van der Waals surface area contributed by atoms with Crippen LogP contribution in [0.4, 0.5) is 0 Å². The molecule has 0 aromatic carbocycles. The molecule has 3 aliphatic rings. The van der Waals surface area contributed by atoms with Gasteiger partial charge in [-0.3, -0.25) is 4.79 Å². The van der Waals surface area contributed by atoms with Gasteiger partial charge >= 0.3 is 0 Å². The first kappa shape index (κ1) is 5.41. The first-order chi connectivity index (χ1) is 5.30. The van der Waals surface area contributed by atoms with Crippen LogP contribution in [0.2, 0.25) is 0 Å². The quantitative estimate of drug-likeness (QED) is 0.530. The number of nitrogens with one attached hydrogen (secondary N) is 1. The van der Waals surface area contributed by atoms with Gasteiger partial charge in [0.05, 0.1) is 12.1 Å². The zero-order chi connectivity index (χ0) is 7.47. The normalized spacial score (nSPS) is 37.6. The standard InChI is InChI=1S/C8H7NO2/c10-7-6-3-5-1-2-8(6,11-5)4-9-7/h1,3H,2,4H2,(H,9,10). The molecule has 0 aliphatic carbocycles. The Balaban J connectivity index is 2.21. The molecule has 1 saturated heterocycles. The van der Waals surface area contributed by atoms with Crippen LogP contribution in [0, 0.1) is 0 Å². The Morgan fingerprint density at radius 2 is 2.55 bits per heavy atom. The molecule has 1 unspecified atom stereocenters. The summed E-state index contributed by atoms with van der Waals surface area (Å²) < 4.78 is 5.54. The second-order valence-corrected chi connectivity index (χ2v) is 3.15. The minimum Gasteiger partial charge on any atom is -0.480 e. The molecule has 1 N–H and O–H groups in total. The second kappa shape index (κ2) is 1.35. The van der Waals surface area contributed by atoms with Crippen molar-refractivity contribution in [2.45, 2.75) is 12.0 Å². The zero-order valence-corrected chi connectivity index (χ0v) is 5.89. The highest BCUT2D eigenvalue weighted by Gasteiger charge is 2.52.